The van der Waals surface area contributed by atoms with Crippen molar-refractivity contribution >= 4 is 34.8 Å². The lowest BCUT2D eigenvalue weighted by Gasteiger charge is -2.31. The molecule has 1 aliphatic heterocycles. The first-order valence-corrected chi connectivity index (χ1v) is 11.8. The van der Waals surface area contributed by atoms with Crippen molar-refractivity contribution in [3.8, 4) is 0 Å². The first kappa shape index (κ1) is 22.5. The van der Waals surface area contributed by atoms with Crippen LogP contribution >= 0.6 is 11.9 Å². The van der Waals surface area contributed by atoms with E-state index in [0.29, 0.717) is 30.9 Å². The van der Waals surface area contributed by atoms with Crippen LogP contribution < -0.4 is 11.1 Å². The molecule has 0 spiro atoms. The van der Waals surface area contributed by atoms with Gasteiger partial charge in [-0.2, -0.15) is 5.10 Å². The topological polar surface area (TPSA) is 92.7 Å². The summed E-state index contributed by atoms with van der Waals surface area (Å²) in [5.74, 6) is 0.532. The molecule has 4 rings (SSSR count). The summed E-state index contributed by atoms with van der Waals surface area (Å²) in [6, 6.07) is 12.2. The molecule has 0 unspecified atom stereocenters. The Labute approximate surface area is 192 Å². The van der Waals surface area contributed by atoms with Crippen LogP contribution in [0.1, 0.15) is 54.4 Å². The van der Waals surface area contributed by atoms with Gasteiger partial charge in [0.1, 0.15) is 0 Å². The highest BCUT2D eigenvalue weighted by atomic mass is 32.2. The Morgan fingerprint density at radius 3 is 2.62 bits per heavy atom. The summed E-state index contributed by atoms with van der Waals surface area (Å²) in [5, 5.41) is 7.18. The number of Topliss-reactive ketones (excluding diaryl/α,β-unsaturated/α-hetero) is 1. The molecule has 1 amide bonds. The third-order valence-electron chi connectivity index (χ3n) is 5.83. The number of fused-ring (bicyclic) bond motifs is 1. The van der Waals surface area contributed by atoms with Crippen molar-refractivity contribution in [2.75, 3.05) is 25.0 Å². The number of nitrogens with zero attached hydrogens (tertiary/aromatic N) is 3. The Balaban J connectivity index is 1.31. The molecule has 0 bridgehead atoms. The van der Waals surface area contributed by atoms with Crippen LogP contribution in [-0.4, -0.2) is 45.2 Å². The van der Waals surface area contributed by atoms with E-state index in [-0.39, 0.29) is 11.7 Å². The zero-order valence-corrected chi connectivity index (χ0v) is 19.1. The maximum atomic E-state index is 11.9. The Morgan fingerprint density at radius 2 is 1.94 bits per heavy atom. The second kappa shape index (κ2) is 10.3. The molecular formula is C24H29N5O2S. The molecule has 0 aliphatic carbocycles. The molecule has 32 heavy (non-hydrogen) atoms. The van der Waals surface area contributed by atoms with E-state index in [1.165, 1.54) is 5.56 Å². The van der Waals surface area contributed by atoms with E-state index >= 15 is 0 Å². The average molecular weight is 452 g/mol. The monoisotopic (exact) mass is 451 g/mol. The number of hydrogen-bond acceptors (Lipinski definition) is 6. The summed E-state index contributed by atoms with van der Waals surface area (Å²) in [6.07, 6.45) is 6.89. The van der Waals surface area contributed by atoms with Crippen molar-refractivity contribution < 1.29 is 9.59 Å². The molecule has 3 N–H and O–H groups in total. The maximum absolute atomic E-state index is 11.9. The molecule has 168 valence electrons. The number of ketones is 1. The summed E-state index contributed by atoms with van der Waals surface area (Å²) in [5.41, 5.74) is 9.11. The molecule has 1 saturated heterocycles. The van der Waals surface area contributed by atoms with Gasteiger partial charge in [0.05, 0.1) is 17.3 Å². The smallest absolute Gasteiger partial charge is 0.224 e. The SMILES string of the molecule is CC(=O)c1cnn2ccc(C3CCN(Sc4ccc(NC(=O)CCCN)cc4)CC3)cc12. The van der Waals surface area contributed by atoms with E-state index in [9.17, 15) is 9.59 Å². The van der Waals surface area contributed by atoms with E-state index in [0.717, 1.165) is 42.0 Å². The van der Waals surface area contributed by atoms with Gasteiger partial charge in [0.25, 0.3) is 0 Å². The molecule has 2 aromatic heterocycles. The number of aromatic nitrogens is 2. The van der Waals surface area contributed by atoms with Gasteiger partial charge in [-0.1, -0.05) is 0 Å². The van der Waals surface area contributed by atoms with Gasteiger partial charge in [-0.25, -0.2) is 8.82 Å². The predicted octanol–water partition coefficient (Wildman–Crippen LogP) is 4.10. The van der Waals surface area contributed by atoms with Gasteiger partial charge in [-0.3, -0.25) is 9.59 Å². The Bertz CT molecular complexity index is 1090. The van der Waals surface area contributed by atoms with E-state index in [1.54, 1.807) is 29.6 Å². The van der Waals surface area contributed by atoms with Crippen molar-refractivity contribution in [1.82, 2.24) is 13.9 Å². The lowest BCUT2D eigenvalue weighted by molar-refractivity contribution is -0.116. The zero-order chi connectivity index (χ0) is 22.5. The highest BCUT2D eigenvalue weighted by Gasteiger charge is 2.22. The summed E-state index contributed by atoms with van der Waals surface area (Å²) < 4.78 is 4.17. The Hall–Kier alpha value is -2.68. The molecule has 0 atom stereocenters. The third kappa shape index (κ3) is 5.38. The van der Waals surface area contributed by atoms with E-state index in [4.69, 9.17) is 5.73 Å². The van der Waals surface area contributed by atoms with Crippen LogP contribution in [0.5, 0.6) is 0 Å². The molecule has 1 aliphatic rings. The number of benzene rings is 1. The van der Waals surface area contributed by atoms with Gasteiger partial charge in [0, 0.05) is 36.3 Å². The van der Waals surface area contributed by atoms with Crippen LogP contribution in [0.2, 0.25) is 0 Å². The Kier molecular flexibility index (Phi) is 7.24. The van der Waals surface area contributed by atoms with Crippen LogP contribution in [0.3, 0.4) is 0 Å². The first-order valence-electron chi connectivity index (χ1n) is 11.0. The minimum absolute atomic E-state index is 0.00228. The van der Waals surface area contributed by atoms with Gasteiger partial charge in [0.2, 0.25) is 5.91 Å². The van der Waals surface area contributed by atoms with Gasteiger partial charge < -0.3 is 11.1 Å². The minimum Gasteiger partial charge on any atom is -0.330 e. The number of anilines is 1. The third-order valence-corrected chi connectivity index (χ3v) is 6.94. The van der Waals surface area contributed by atoms with Crippen LogP contribution in [-0.2, 0) is 4.79 Å². The molecular weight excluding hydrogens is 422 g/mol. The molecule has 7 nitrogen and oxygen atoms in total. The lowest BCUT2D eigenvalue weighted by atomic mass is 9.90. The second-order valence-corrected chi connectivity index (χ2v) is 9.33. The standard InChI is InChI=1S/C24H29N5O2S/c1-17(30)22-16-26-29-14-10-19(15-23(22)29)18-8-12-28(13-9-18)32-21-6-4-20(5-7-21)27-24(31)3-2-11-25/h4-7,10,14-16,18H,2-3,8-9,11-13,25H2,1H3,(H,27,31). The second-order valence-electron chi connectivity index (χ2n) is 8.16. The minimum atomic E-state index is 0.00228. The van der Waals surface area contributed by atoms with Gasteiger partial charge >= 0.3 is 0 Å². The first-order chi connectivity index (χ1) is 15.5. The summed E-state index contributed by atoms with van der Waals surface area (Å²) >= 11 is 1.76. The predicted molar refractivity (Wildman–Crippen MR) is 128 cm³/mol. The van der Waals surface area contributed by atoms with Crippen molar-refractivity contribution in [2.24, 2.45) is 5.73 Å². The van der Waals surface area contributed by atoms with Gasteiger partial charge in [-0.15, -0.1) is 0 Å². The number of rotatable bonds is 8. The van der Waals surface area contributed by atoms with Crippen LogP contribution in [0.25, 0.3) is 5.52 Å². The fraction of sp³-hybridized carbons (Fsp3) is 0.375. The number of piperidine rings is 1. The van der Waals surface area contributed by atoms with Gasteiger partial charge in [0.15, 0.2) is 5.78 Å². The number of nitrogens with two attached hydrogens (primary N) is 1. The highest BCUT2D eigenvalue weighted by molar-refractivity contribution is 7.97. The van der Waals surface area contributed by atoms with Crippen molar-refractivity contribution in [3.05, 3.63) is 59.9 Å². The number of nitrogens with one attached hydrogen (secondary N) is 1. The molecule has 8 heteroatoms. The quantitative estimate of drug-likeness (QED) is 0.396. The molecule has 1 aromatic carbocycles. The van der Waals surface area contributed by atoms with E-state index in [2.05, 4.69) is 26.9 Å². The van der Waals surface area contributed by atoms with Crippen LogP contribution in [0.4, 0.5) is 5.69 Å². The lowest BCUT2D eigenvalue weighted by Crippen LogP contribution is -2.27. The highest BCUT2D eigenvalue weighted by Crippen LogP contribution is 2.34. The van der Waals surface area contributed by atoms with Crippen molar-refractivity contribution in [1.29, 1.82) is 0 Å². The Morgan fingerprint density at radius 1 is 1.19 bits per heavy atom. The molecule has 3 aromatic rings. The largest absolute Gasteiger partial charge is 0.330 e. The molecule has 0 radical (unpaired) electrons. The summed E-state index contributed by atoms with van der Waals surface area (Å²) in [6.45, 7) is 4.10. The number of carbonyl (C=O) groups excluding carboxylic acids is 2. The average Bonchev–Trinajstić information content (AvgIpc) is 3.23. The van der Waals surface area contributed by atoms with Crippen molar-refractivity contribution in [2.45, 2.75) is 43.4 Å². The molecule has 3 heterocycles. The van der Waals surface area contributed by atoms with Crippen LogP contribution in [0, 0.1) is 0 Å². The molecule has 0 saturated carbocycles. The van der Waals surface area contributed by atoms with Crippen molar-refractivity contribution in [3.63, 3.8) is 0 Å². The number of hydrogen-bond donors (Lipinski definition) is 2. The zero-order valence-electron chi connectivity index (χ0n) is 18.3. The van der Waals surface area contributed by atoms with E-state index in [1.807, 2.05) is 30.5 Å². The fourth-order valence-corrected chi connectivity index (χ4v) is 4.99. The summed E-state index contributed by atoms with van der Waals surface area (Å²) in [4.78, 5) is 24.8. The number of carbonyl (C=O) groups is 2. The number of pyridine rings is 1. The summed E-state index contributed by atoms with van der Waals surface area (Å²) in [7, 11) is 0. The van der Waals surface area contributed by atoms with Crippen LogP contribution in [0.15, 0.2) is 53.7 Å². The number of amides is 1. The fourth-order valence-electron chi connectivity index (χ4n) is 4.04. The maximum Gasteiger partial charge on any atom is 0.224 e. The normalized spacial score (nSPS) is 15.2. The van der Waals surface area contributed by atoms with Gasteiger partial charge in [-0.05, 0) is 92.6 Å². The molecule has 1 fully saturated rings. The van der Waals surface area contributed by atoms with E-state index < -0.39 is 0 Å².